The summed E-state index contributed by atoms with van der Waals surface area (Å²) in [7, 11) is 0. The number of thioether (sulfide) groups is 1. The SMILES string of the molecule is O=C1N=C(N2CCN(c3ccccc3)CC2)SC1=Cc1ccc(OCc2ccccc2Cl)cc1. The highest BCUT2D eigenvalue weighted by atomic mass is 35.5. The van der Waals surface area contributed by atoms with E-state index in [2.05, 4.69) is 39.1 Å². The van der Waals surface area contributed by atoms with Gasteiger partial charge in [0.1, 0.15) is 12.4 Å². The number of benzene rings is 3. The molecule has 34 heavy (non-hydrogen) atoms. The molecule has 7 heteroatoms. The first kappa shape index (κ1) is 22.6. The first-order chi connectivity index (χ1) is 16.7. The van der Waals surface area contributed by atoms with Crippen molar-refractivity contribution in [3.8, 4) is 5.75 Å². The molecule has 5 nitrogen and oxygen atoms in total. The maximum absolute atomic E-state index is 12.5. The molecule has 0 unspecified atom stereocenters. The molecule has 2 heterocycles. The molecule has 0 radical (unpaired) electrons. The Morgan fingerprint density at radius 1 is 0.882 bits per heavy atom. The van der Waals surface area contributed by atoms with E-state index in [-0.39, 0.29) is 5.91 Å². The number of nitrogens with zero attached hydrogens (tertiary/aromatic N) is 3. The van der Waals surface area contributed by atoms with Gasteiger partial charge in [-0.25, -0.2) is 0 Å². The number of amides is 1. The number of hydrogen-bond donors (Lipinski definition) is 0. The third kappa shape index (κ3) is 5.29. The van der Waals surface area contributed by atoms with Crippen LogP contribution in [0.25, 0.3) is 6.08 Å². The number of carbonyl (C=O) groups is 1. The number of hydrogen-bond acceptors (Lipinski definition) is 5. The van der Waals surface area contributed by atoms with E-state index in [0.29, 0.717) is 16.5 Å². The molecule has 1 saturated heterocycles. The Morgan fingerprint density at radius 2 is 1.56 bits per heavy atom. The van der Waals surface area contributed by atoms with E-state index in [4.69, 9.17) is 16.3 Å². The number of anilines is 1. The van der Waals surface area contributed by atoms with Crippen molar-refractivity contribution in [1.29, 1.82) is 0 Å². The van der Waals surface area contributed by atoms with E-state index in [1.165, 1.54) is 17.4 Å². The second-order valence-corrected chi connectivity index (χ2v) is 9.49. The number of piperazine rings is 1. The molecule has 0 bridgehead atoms. The Bertz CT molecular complexity index is 1220. The minimum absolute atomic E-state index is 0.176. The number of rotatable bonds is 5. The Labute approximate surface area is 208 Å². The van der Waals surface area contributed by atoms with Gasteiger partial charge < -0.3 is 14.5 Å². The summed E-state index contributed by atoms with van der Waals surface area (Å²) in [4.78, 5) is 22.1. The number of ether oxygens (including phenoxy) is 1. The van der Waals surface area contributed by atoms with Gasteiger partial charge in [-0.05, 0) is 53.7 Å². The summed E-state index contributed by atoms with van der Waals surface area (Å²) < 4.78 is 5.85. The lowest BCUT2D eigenvalue weighted by atomic mass is 10.2. The minimum atomic E-state index is -0.176. The summed E-state index contributed by atoms with van der Waals surface area (Å²) in [6, 6.07) is 25.8. The molecular weight excluding hydrogens is 466 g/mol. The van der Waals surface area contributed by atoms with E-state index in [1.54, 1.807) is 0 Å². The number of halogens is 1. The molecule has 1 fully saturated rings. The van der Waals surface area contributed by atoms with Crippen LogP contribution in [-0.4, -0.2) is 42.2 Å². The van der Waals surface area contributed by atoms with E-state index in [9.17, 15) is 4.79 Å². The highest BCUT2D eigenvalue weighted by Crippen LogP contribution is 2.31. The Kier molecular flexibility index (Phi) is 6.88. The van der Waals surface area contributed by atoms with Gasteiger partial charge in [-0.2, -0.15) is 4.99 Å². The van der Waals surface area contributed by atoms with Gasteiger partial charge in [-0.1, -0.05) is 60.1 Å². The normalized spacial score (nSPS) is 17.3. The minimum Gasteiger partial charge on any atom is -0.489 e. The maximum Gasteiger partial charge on any atom is 0.286 e. The Morgan fingerprint density at radius 3 is 2.29 bits per heavy atom. The zero-order valence-electron chi connectivity index (χ0n) is 18.6. The highest BCUT2D eigenvalue weighted by Gasteiger charge is 2.28. The van der Waals surface area contributed by atoms with Crippen molar-refractivity contribution in [2.75, 3.05) is 31.1 Å². The third-order valence-corrected chi connectivity index (χ3v) is 7.22. The van der Waals surface area contributed by atoms with Crippen molar-refractivity contribution in [3.05, 3.63) is 99.9 Å². The largest absolute Gasteiger partial charge is 0.489 e. The van der Waals surface area contributed by atoms with E-state index in [0.717, 1.165) is 48.2 Å². The first-order valence-corrected chi connectivity index (χ1v) is 12.4. The summed E-state index contributed by atoms with van der Waals surface area (Å²) in [5.41, 5.74) is 3.11. The zero-order chi connectivity index (χ0) is 23.3. The van der Waals surface area contributed by atoms with Gasteiger partial charge in [0, 0.05) is 42.5 Å². The number of amidine groups is 1. The van der Waals surface area contributed by atoms with Crippen molar-refractivity contribution in [2.24, 2.45) is 4.99 Å². The summed E-state index contributed by atoms with van der Waals surface area (Å²) in [6.07, 6.45) is 1.89. The van der Waals surface area contributed by atoms with Crippen LogP contribution in [-0.2, 0) is 11.4 Å². The fourth-order valence-electron chi connectivity index (χ4n) is 3.92. The standard InChI is InChI=1S/C27H24ClN3O2S/c28-24-9-5-4-6-21(24)19-33-23-12-10-20(11-13-23)18-25-26(32)29-27(34-25)31-16-14-30(15-17-31)22-7-2-1-3-8-22/h1-13,18H,14-17,19H2. The van der Waals surface area contributed by atoms with Crippen LogP contribution in [0.15, 0.2) is 88.8 Å². The van der Waals surface area contributed by atoms with Crippen molar-refractivity contribution < 1.29 is 9.53 Å². The van der Waals surface area contributed by atoms with Crippen molar-refractivity contribution >= 4 is 46.2 Å². The van der Waals surface area contributed by atoms with Gasteiger partial charge in [0.2, 0.25) is 0 Å². The van der Waals surface area contributed by atoms with Crippen LogP contribution in [0.4, 0.5) is 5.69 Å². The van der Waals surface area contributed by atoms with Gasteiger partial charge in [0.15, 0.2) is 5.17 Å². The summed E-state index contributed by atoms with van der Waals surface area (Å²) in [5, 5.41) is 1.49. The Hall–Kier alpha value is -3.22. The third-order valence-electron chi connectivity index (χ3n) is 5.81. The molecule has 0 N–H and O–H groups in total. The van der Waals surface area contributed by atoms with Crippen molar-refractivity contribution in [1.82, 2.24) is 4.90 Å². The average Bonchev–Trinajstić information content (AvgIpc) is 3.25. The van der Waals surface area contributed by atoms with Crippen molar-refractivity contribution in [2.45, 2.75) is 6.61 Å². The first-order valence-electron chi connectivity index (χ1n) is 11.2. The number of carbonyl (C=O) groups excluding carboxylic acids is 1. The van der Waals surface area contributed by atoms with Gasteiger partial charge in [0.25, 0.3) is 5.91 Å². The molecule has 2 aliphatic rings. The molecule has 0 spiro atoms. The van der Waals surface area contributed by atoms with Crippen LogP contribution in [0.2, 0.25) is 5.02 Å². The molecule has 2 aliphatic heterocycles. The highest BCUT2D eigenvalue weighted by molar-refractivity contribution is 8.18. The summed E-state index contributed by atoms with van der Waals surface area (Å²) in [5.74, 6) is 0.574. The second-order valence-electron chi connectivity index (χ2n) is 8.07. The monoisotopic (exact) mass is 489 g/mol. The number of aliphatic imine (C=N–C) groups is 1. The number of para-hydroxylation sites is 1. The van der Waals surface area contributed by atoms with Crippen LogP contribution in [0.3, 0.4) is 0 Å². The van der Waals surface area contributed by atoms with E-state index in [1.807, 2.05) is 60.7 Å². The maximum atomic E-state index is 12.5. The fraction of sp³-hybridized carbons (Fsp3) is 0.185. The molecule has 0 atom stereocenters. The molecule has 1 amide bonds. The Balaban J connectivity index is 1.16. The molecule has 0 aromatic heterocycles. The lowest BCUT2D eigenvalue weighted by molar-refractivity contribution is -0.113. The summed E-state index contributed by atoms with van der Waals surface area (Å²) >= 11 is 7.64. The predicted octanol–water partition coefficient (Wildman–Crippen LogP) is 5.71. The topological polar surface area (TPSA) is 45.1 Å². The van der Waals surface area contributed by atoms with Gasteiger partial charge in [0.05, 0.1) is 4.91 Å². The predicted molar refractivity (Wildman–Crippen MR) is 140 cm³/mol. The molecule has 3 aromatic carbocycles. The van der Waals surface area contributed by atoms with Crippen molar-refractivity contribution in [3.63, 3.8) is 0 Å². The average molecular weight is 490 g/mol. The van der Waals surface area contributed by atoms with Gasteiger partial charge in [-0.3, -0.25) is 4.79 Å². The summed E-state index contributed by atoms with van der Waals surface area (Å²) in [6.45, 7) is 3.92. The lowest BCUT2D eigenvalue weighted by Crippen LogP contribution is -2.47. The van der Waals surface area contributed by atoms with Crippen LogP contribution in [0.1, 0.15) is 11.1 Å². The van der Waals surface area contributed by atoms with Crippen LogP contribution in [0.5, 0.6) is 5.75 Å². The van der Waals surface area contributed by atoms with Gasteiger partial charge in [-0.15, -0.1) is 0 Å². The fourth-order valence-corrected chi connectivity index (χ4v) is 5.07. The molecule has 3 aromatic rings. The second kappa shape index (κ2) is 10.4. The van der Waals surface area contributed by atoms with E-state index >= 15 is 0 Å². The quantitative estimate of drug-likeness (QED) is 0.429. The smallest absolute Gasteiger partial charge is 0.286 e. The van der Waals surface area contributed by atoms with Gasteiger partial charge >= 0.3 is 0 Å². The van der Waals surface area contributed by atoms with Crippen LogP contribution < -0.4 is 9.64 Å². The molecule has 5 rings (SSSR count). The molecule has 0 aliphatic carbocycles. The molecule has 172 valence electrons. The zero-order valence-corrected chi connectivity index (χ0v) is 20.1. The molecule has 0 saturated carbocycles. The van der Waals surface area contributed by atoms with Crippen LogP contribution >= 0.6 is 23.4 Å². The van der Waals surface area contributed by atoms with E-state index < -0.39 is 0 Å². The van der Waals surface area contributed by atoms with Crippen LogP contribution in [0, 0.1) is 0 Å². The lowest BCUT2D eigenvalue weighted by Gasteiger charge is -2.36. The molecular formula is C27H24ClN3O2S.